The minimum atomic E-state index is -0.810. The lowest BCUT2D eigenvalue weighted by Crippen LogP contribution is -2.61. The van der Waals surface area contributed by atoms with Gasteiger partial charge in [0.1, 0.15) is 11.4 Å². The Morgan fingerprint density at radius 1 is 1.14 bits per heavy atom. The maximum absolute atomic E-state index is 13.1. The maximum atomic E-state index is 13.1. The van der Waals surface area contributed by atoms with Crippen LogP contribution in [0.15, 0.2) is 18.3 Å². The molecule has 1 aliphatic heterocycles. The molecular formula is C21H33N5O3. The van der Waals surface area contributed by atoms with Crippen LogP contribution in [-0.4, -0.2) is 66.8 Å². The fourth-order valence-electron chi connectivity index (χ4n) is 4.18. The molecule has 0 radical (unpaired) electrons. The molecule has 8 heteroatoms. The lowest BCUT2D eigenvalue weighted by Gasteiger charge is -2.39. The van der Waals surface area contributed by atoms with Crippen molar-refractivity contribution < 1.29 is 14.3 Å². The van der Waals surface area contributed by atoms with Crippen molar-refractivity contribution in [3.63, 3.8) is 0 Å². The number of carbonyl (C=O) groups excluding carboxylic acids is 2. The summed E-state index contributed by atoms with van der Waals surface area (Å²) in [4.78, 5) is 34.3. The van der Waals surface area contributed by atoms with Gasteiger partial charge in [-0.2, -0.15) is 0 Å². The average Bonchev–Trinajstić information content (AvgIpc) is 2.76. The zero-order valence-corrected chi connectivity index (χ0v) is 17.6. The third kappa shape index (κ3) is 5.18. The molecule has 3 amide bonds. The molecule has 1 saturated heterocycles. The molecule has 0 spiro atoms. The molecule has 3 rings (SSSR count). The Hall–Kier alpha value is -2.35. The molecule has 2 N–H and O–H groups in total. The first kappa shape index (κ1) is 21.4. The molecule has 1 aromatic heterocycles. The normalized spacial score (nSPS) is 18.8. The zero-order valence-electron chi connectivity index (χ0n) is 17.6. The number of urea groups is 1. The second kappa shape index (κ2) is 9.91. The minimum Gasteiger partial charge on any atom is -0.378 e. The number of ether oxygens (including phenoxy) is 1. The summed E-state index contributed by atoms with van der Waals surface area (Å²) >= 11 is 0. The molecular weight excluding hydrogens is 370 g/mol. The van der Waals surface area contributed by atoms with Crippen LogP contribution in [0.5, 0.6) is 0 Å². The molecule has 2 fully saturated rings. The van der Waals surface area contributed by atoms with E-state index >= 15 is 0 Å². The fourth-order valence-corrected chi connectivity index (χ4v) is 4.18. The Balaban J connectivity index is 1.64. The molecule has 2 heterocycles. The van der Waals surface area contributed by atoms with Gasteiger partial charge in [0.15, 0.2) is 0 Å². The van der Waals surface area contributed by atoms with Gasteiger partial charge in [-0.1, -0.05) is 19.3 Å². The van der Waals surface area contributed by atoms with Crippen LogP contribution in [0.4, 0.5) is 16.3 Å². The summed E-state index contributed by atoms with van der Waals surface area (Å²) in [6, 6.07) is 3.39. The summed E-state index contributed by atoms with van der Waals surface area (Å²) in [6.07, 6.45) is 6.02. The van der Waals surface area contributed by atoms with Crippen LogP contribution in [0.2, 0.25) is 0 Å². The zero-order chi connectivity index (χ0) is 20.7. The van der Waals surface area contributed by atoms with E-state index in [4.69, 9.17) is 4.74 Å². The molecule has 1 aliphatic carbocycles. The first-order valence-corrected chi connectivity index (χ1v) is 10.8. The van der Waals surface area contributed by atoms with Crippen molar-refractivity contribution in [3.05, 3.63) is 18.3 Å². The average molecular weight is 404 g/mol. The van der Waals surface area contributed by atoms with Crippen LogP contribution in [0.25, 0.3) is 0 Å². The second-order valence-corrected chi connectivity index (χ2v) is 7.70. The van der Waals surface area contributed by atoms with E-state index in [0.29, 0.717) is 44.8 Å². The van der Waals surface area contributed by atoms with E-state index < -0.39 is 5.54 Å². The van der Waals surface area contributed by atoms with Crippen LogP contribution < -0.4 is 15.5 Å². The number of hydrogen-bond acceptors (Lipinski definition) is 5. The number of likely N-dealkylation sites (N-methyl/N-ethyl adjacent to an activating group) is 1. The van der Waals surface area contributed by atoms with Crippen LogP contribution in [0.1, 0.15) is 46.0 Å². The van der Waals surface area contributed by atoms with Gasteiger partial charge in [0, 0.05) is 26.2 Å². The van der Waals surface area contributed by atoms with Crippen molar-refractivity contribution in [2.24, 2.45) is 0 Å². The van der Waals surface area contributed by atoms with E-state index in [1.165, 1.54) is 0 Å². The van der Waals surface area contributed by atoms with E-state index in [0.717, 1.165) is 38.2 Å². The number of nitrogens with one attached hydrogen (secondary N) is 2. The van der Waals surface area contributed by atoms with Crippen molar-refractivity contribution in [1.29, 1.82) is 0 Å². The smallest absolute Gasteiger partial charge is 0.320 e. The molecule has 0 unspecified atom stereocenters. The van der Waals surface area contributed by atoms with Crippen LogP contribution in [0.3, 0.4) is 0 Å². The van der Waals surface area contributed by atoms with Gasteiger partial charge in [-0.05, 0) is 38.8 Å². The number of carbonyl (C=O) groups is 2. The molecule has 160 valence electrons. The molecule has 1 aromatic rings. The number of pyridine rings is 1. The van der Waals surface area contributed by atoms with Crippen LogP contribution >= 0.6 is 0 Å². The van der Waals surface area contributed by atoms with Gasteiger partial charge >= 0.3 is 6.03 Å². The molecule has 29 heavy (non-hydrogen) atoms. The number of aromatic nitrogens is 1. The first-order chi connectivity index (χ1) is 14.1. The molecule has 8 nitrogen and oxygen atoms in total. The summed E-state index contributed by atoms with van der Waals surface area (Å²) in [5, 5.41) is 5.86. The summed E-state index contributed by atoms with van der Waals surface area (Å²) in [6.45, 7) is 8.27. The SMILES string of the molecule is CCN(CC)C(=O)C1(NC(=O)Nc2ccc(N3CCOCC3)nc2)CCCCC1. The third-order valence-electron chi connectivity index (χ3n) is 5.86. The van der Waals surface area contributed by atoms with Gasteiger partial charge in [-0.3, -0.25) is 4.79 Å². The Kier molecular flexibility index (Phi) is 7.30. The standard InChI is InChI=1S/C21H33N5O3/c1-3-25(4-2)19(27)21(10-6-5-7-11-21)24-20(28)23-17-8-9-18(22-16-17)26-12-14-29-15-13-26/h8-9,16H,3-7,10-15H2,1-2H3,(H2,23,24,28). The van der Waals surface area contributed by atoms with Gasteiger partial charge in [0.2, 0.25) is 5.91 Å². The second-order valence-electron chi connectivity index (χ2n) is 7.70. The highest BCUT2D eigenvalue weighted by molar-refractivity contribution is 5.96. The van der Waals surface area contributed by atoms with Gasteiger partial charge in [-0.15, -0.1) is 0 Å². The minimum absolute atomic E-state index is 0.0261. The van der Waals surface area contributed by atoms with Crippen LogP contribution in [-0.2, 0) is 9.53 Å². The van der Waals surface area contributed by atoms with Crippen molar-refractivity contribution in [2.75, 3.05) is 49.6 Å². The highest BCUT2D eigenvalue weighted by atomic mass is 16.5. The van der Waals surface area contributed by atoms with E-state index in [9.17, 15) is 9.59 Å². The number of anilines is 2. The molecule has 0 bridgehead atoms. The summed E-state index contributed by atoms with van der Waals surface area (Å²) in [5.41, 5.74) is -0.198. The summed E-state index contributed by atoms with van der Waals surface area (Å²) in [7, 11) is 0. The lowest BCUT2D eigenvalue weighted by molar-refractivity contribution is -0.139. The lowest BCUT2D eigenvalue weighted by atomic mass is 9.80. The molecule has 0 aromatic carbocycles. The Morgan fingerprint density at radius 2 is 1.83 bits per heavy atom. The maximum Gasteiger partial charge on any atom is 0.320 e. The van der Waals surface area contributed by atoms with Gasteiger partial charge < -0.3 is 25.2 Å². The molecule has 1 saturated carbocycles. The number of nitrogens with zero attached hydrogens (tertiary/aromatic N) is 3. The quantitative estimate of drug-likeness (QED) is 0.762. The number of hydrogen-bond donors (Lipinski definition) is 2. The van der Waals surface area contributed by atoms with Crippen molar-refractivity contribution in [1.82, 2.24) is 15.2 Å². The van der Waals surface area contributed by atoms with Crippen molar-refractivity contribution in [2.45, 2.75) is 51.5 Å². The van der Waals surface area contributed by atoms with E-state index in [1.54, 1.807) is 6.20 Å². The topological polar surface area (TPSA) is 86.8 Å². The summed E-state index contributed by atoms with van der Waals surface area (Å²) < 4.78 is 5.37. The molecule has 2 aliphatic rings. The Morgan fingerprint density at radius 3 is 2.41 bits per heavy atom. The molecule has 0 atom stereocenters. The highest BCUT2D eigenvalue weighted by Gasteiger charge is 2.42. The fraction of sp³-hybridized carbons (Fsp3) is 0.667. The third-order valence-corrected chi connectivity index (χ3v) is 5.86. The summed E-state index contributed by atoms with van der Waals surface area (Å²) in [5.74, 6) is 0.901. The van der Waals surface area contributed by atoms with E-state index in [-0.39, 0.29) is 11.9 Å². The predicted octanol–water partition coefficient (Wildman–Crippen LogP) is 2.61. The van der Waals surface area contributed by atoms with Crippen molar-refractivity contribution in [3.8, 4) is 0 Å². The Bertz CT molecular complexity index is 678. The predicted molar refractivity (Wildman–Crippen MR) is 113 cm³/mol. The monoisotopic (exact) mass is 403 g/mol. The Labute approximate surface area is 173 Å². The number of amides is 3. The van der Waals surface area contributed by atoms with Gasteiger partial charge in [0.25, 0.3) is 0 Å². The first-order valence-electron chi connectivity index (χ1n) is 10.8. The van der Waals surface area contributed by atoms with Gasteiger partial charge in [0.05, 0.1) is 25.1 Å². The van der Waals surface area contributed by atoms with Crippen molar-refractivity contribution >= 4 is 23.4 Å². The number of morpholine rings is 1. The largest absolute Gasteiger partial charge is 0.378 e. The van der Waals surface area contributed by atoms with Gasteiger partial charge in [-0.25, -0.2) is 9.78 Å². The van der Waals surface area contributed by atoms with Crippen LogP contribution in [0, 0.1) is 0 Å². The highest BCUT2D eigenvalue weighted by Crippen LogP contribution is 2.30. The van der Waals surface area contributed by atoms with E-state index in [1.807, 2.05) is 30.9 Å². The number of rotatable bonds is 6. The van der Waals surface area contributed by atoms with E-state index in [2.05, 4.69) is 20.5 Å².